The van der Waals surface area contributed by atoms with E-state index < -0.39 is 47.3 Å². The molecule has 2 heterocycles. The van der Waals surface area contributed by atoms with Crippen LogP contribution in [0.3, 0.4) is 0 Å². The van der Waals surface area contributed by atoms with Gasteiger partial charge in [0.15, 0.2) is 11.2 Å². The van der Waals surface area contributed by atoms with Crippen molar-refractivity contribution in [2.45, 2.75) is 37.8 Å². The number of nitrogens with two attached hydrogens (primary N) is 1. The molecule has 0 bridgehead atoms. The number of hydrogen-bond acceptors (Lipinski definition) is 11. The van der Waals surface area contributed by atoms with Crippen LogP contribution in [0.25, 0.3) is 11.2 Å². The van der Waals surface area contributed by atoms with E-state index in [-0.39, 0.29) is 53.4 Å². The number of carboxylic acid groups (broad SMARTS) is 2. The fourth-order valence-corrected chi connectivity index (χ4v) is 4.66. The number of nitrogen functional groups attached to an aromatic ring is 1. The number of esters is 1. The van der Waals surface area contributed by atoms with Gasteiger partial charge in [0, 0.05) is 23.2 Å². The number of H-pyrrole nitrogens is 1. The molecule has 0 spiro atoms. The van der Waals surface area contributed by atoms with Gasteiger partial charge in [0.25, 0.3) is 11.5 Å². The minimum Gasteiger partial charge on any atom is -0.481 e. The highest BCUT2D eigenvalue weighted by molar-refractivity contribution is 5.97. The summed E-state index contributed by atoms with van der Waals surface area (Å²) in [5.74, 6) is -4.32. The van der Waals surface area contributed by atoms with Gasteiger partial charge in [-0.15, -0.1) is 0 Å². The van der Waals surface area contributed by atoms with Gasteiger partial charge in [-0.1, -0.05) is 36.9 Å². The van der Waals surface area contributed by atoms with Gasteiger partial charge in [-0.2, -0.15) is 4.98 Å². The maximum absolute atomic E-state index is 13.1. The molecule has 15 nitrogen and oxygen atoms in total. The van der Waals surface area contributed by atoms with Crippen molar-refractivity contribution in [3.05, 3.63) is 100 Å². The second kappa shape index (κ2) is 14.1. The summed E-state index contributed by atoms with van der Waals surface area (Å²) < 4.78 is 5.14. The number of nitrogens with zero attached hydrogens (tertiary/aromatic N) is 3. The molecule has 0 fully saturated rings. The molecule has 2 aromatic heterocycles. The van der Waals surface area contributed by atoms with Gasteiger partial charge < -0.3 is 31.3 Å². The molecule has 46 heavy (non-hydrogen) atoms. The Morgan fingerprint density at radius 1 is 1.07 bits per heavy atom. The van der Waals surface area contributed by atoms with Crippen molar-refractivity contribution in [1.29, 1.82) is 0 Å². The van der Waals surface area contributed by atoms with Gasteiger partial charge in [-0.25, -0.2) is 19.6 Å². The Hall–Kier alpha value is -6.12. The van der Waals surface area contributed by atoms with E-state index in [9.17, 15) is 34.2 Å². The molecule has 0 aliphatic rings. The Kier molecular flexibility index (Phi) is 10.1. The number of rotatable bonds is 14. The van der Waals surface area contributed by atoms with Crippen LogP contribution < -0.4 is 21.9 Å². The number of benzene rings is 2. The molecule has 4 aromatic rings. The largest absolute Gasteiger partial charge is 0.481 e. The maximum Gasteiger partial charge on any atom is 0.333 e. The van der Waals surface area contributed by atoms with E-state index in [0.29, 0.717) is 11.4 Å². The Morgan fingerprint density at radius 2 is 1.76 bits per heavy atom. The first-order chi connectivity index (χ1) is 21.9. The van der Waals surface area contributed by atoms with E-state index in [4.69, 9.17) is 10.5 Å². The van der Waals surface area contributed by atoms with E-state index in [1.165, 1.54) is 37.4 Å². The summed E-state index contributed by atoms with van der Waals surface area (Å²) in [5.41, 5.74) is 4.86. The van der Waals surface area contributed by atoms with Gasteiger partial charge in [-0.05, 0) is 43.2 Å². The molecule has 4 rings (SSSR count). The van der Waals surface area contributed by atoms with Crippen LogP contribution in [0.5, 0.6) is 0 Å². The lowest BCUT2D eigenvalue weighted by molar-refractivity contribution is -0.149. The number of fused-ring (bicyclic) bond motifs is 1. The Bertz CT molecular complexity index is 1840. The average molecular weight is 630 g/mol. The summed E-state index contributed by atoms with van der Waals surface area (Å²) in [6.07, 6.45) is 0.646. The summed E-state index contributed by atoms with van der Waals surface area (Å²) in [6.45, 7) is 4.80. The predicted molar refractivity (Wildman–Crippen MR) is 166 cm³/mol. The third-order valence-corrected chi connectivity index (χ3v) is 7.11. The van der Waals surface area contributed by atoms with Crippen LogP contribution in [0.15, 0.2) is 77.7 Å². The monoisotopic (exact) mass is 629 g/mol. The summed E-state index contributed by atoms with van der Waals surface area (Å²) in [6, 6.07) is 12.4. The Balaban J connectivity index is 1.47. The Labute approximate surface area is 261 Å². The third-order valence-electron chi connectivity index (χ3n) is 7.11. The first-order valence-electron chi connectivity index (χ1n) is 13.9. The fourth-order valence-electron chi connectivity index (χ4n) is 4.66. The molecular weight excluding hydrogens is 598 g/mol. The van der Waals surface area contributed by atoms with Crippen LogP contribution in [-0.2, 0) is 31.1 Å². The zero-order valence-electron chi connectivity index (χ0n) is 24.6. The minimum absolute atomic E-state index is 0.0283. The minimum atomic E-state index is -1.82. The van der Waals surface area contributed by atoms with E-state index in [1.807, 2.05) is 0 Å². The quantitative estimate of drug-likeness (QED) is 0.0865. The topological polar surface area (TPSA) is 240 Å². The molecule has 2 atom stereocenters. The highest BCUT2D eigenvalue weighted by Crippen LogP contribution is 2.34. The average Bonchev–Trinajstić information content (AvgIpc) is 3.03. The standard InChI is InChI=1S/C31H31N7O8/c1-17(2)28(43)46-13-12-31(29(44)45,19-6-4-3-5-7-19)14-22(27(41)42)36-25(39)18-8-10-20(11-9-18)33-15-21-16-34-24-23(35-21)26(40)38-30(32)37-24/h3-11,16,22,33H,1,12-15H2,2H3,(H,36,39)(H,41,42)(H,44,45)(H3,32,34,37,38,40)/t22-,31?/m0/s1. The van der Waals surface area contributed by atoms with Crippen LogP contribution in [0.1, 0.15) is 41.4 Å². The molecule has 0 saturated heterocycles. The second-order valence-corrected chi connectivity index (χ2v) is 10.4. The number of aliphatic carboxylic acids is 2. The molecule has 2 aromatic carbocycles. The highest BCUT2D eigenvalue weighted by atomic mass is 16.5. The third kappa shape index (κ3) is 7.68. The summed E-state index contributed by atoms with van der Waals surface area (Å²) >= 11 is 0. The second-order valence-electron chi connectivity index (χ2n) is 10.4. The fraction of sp³-hybridized carbons (Fsp3) is 0.226. The van der Waals surface area contributed by atoms with Crippen LogP contribution in [0, 0.1) is 0 Å². The zero-order chi connectivity index (χ0) is 33.4. The smallest absolute Gasteiger partial charge is 0.333 e. The Morgan fingerprint density at radius 3 is 2.39 bits per heavy atom. The number of carbonyl (C=O) groups excluding carboxylic acids is 2. The number of aromatic amines is 1. The zero-order valence-corrected chi connectivity index (χ0v) is 24.6. The van der Waals surface area contributed by atoms with Gasteiger partial charge in [0.2, 0.25) is 5.95 Å². The highest BCUT2D eigenvalue weighted by Gasteiger charge is 2.44. The molecule has 15 heteroatoms. The predicted octanol–water partition coefficient (Wildman–Crippen LogP) is 2.01. The lowest BCUT2D eigenvalue weighted by atomic mass is 9.73. The summed E-state index contributed by atoms with van der Waals surface area (Å²) in [5, 5.41) is 25.9. The van der Waals surface area contributed by atoms with Crippen LogP contribution in [0.4, 0.5) is 11.6 Å². The number of aromatic nitrogens is 4. The van der Waals surface area contributed by atoms with E-state index in [0.717, 1.165) is 0 Å². The van der Waals surface area contributed by atoms with Gasteiger partial charge in [-0.3, -0.25) is 19.4 Å². The first kappa shape index (κ1) is 32.8. The number of carbonyl (C=O) groups is 4. The van der Waals surface area contributed by atoms with Crippen LogP contribution in [-0.4, -0.2) is 66.6 Å². The molecule has 1 unspecified atom stereocenters. The molecule has 0 radical (unpaired) electrons. The van der Waals surface area contributed by atoms with Crippen molar-refractivity contribution in [2.75, 3.05) is 17.7 Å². The molecule has 0 aliphatic carbocycles. The van der Waals surface area contributed by atoms with Crippen molar-refractivity contribution in [3.63, 3.8) is 0 Å². The lowest BCUT2D eigenvalue weighted by Crippen LogP contribution is -2.49. The van der Waals surface area contributed by atoms with E-state index >= 15 is 0 Å². The van der Waals surface area contributed by atoms with Crippen molar-refractivity contribution >= 4 is 46.6 Å². The van der Waals surface area contributed by atoms with Crippen LogP contribution >= 0.6 is 0 Å². The molecule has 238 valence electrons. The number of anilines is 2. The lowest BCUT2D eigenvalue weighted by Gasteiger charge is -2.32. The number of carboxylic acids is 2. The van der Waals surface area contributed by atoms with E-state index in [2.05, 4.69) is 37.1 Å². The molecule has 1 amide bonds. The summed E-state index contributed by atoms with van der Waals surface area (Å²) in [4.78, 5) is 76.8. The molecule has 0 aliphatic heterocycles. The number of ether oxygens (including phenoxy) is 1. The van der Waals surface area contributed by atoms with Crippen molar-refractivity contribution < 1.29 is 34.1 Å². The van der Waals surface area contributed by atoms with E-state index in [1.54, 1.807) is 30.3 Å². The molecule has 7 N–H and O–H groups in total. The first-order valence-corrected chi connectivity index (χ1v) is 13.9. The number of amides is 1. The summed E-state index contributed by atoms with van der Waals surface area (Å²) in [7, 11) is 0. The number of hydrogen-bond donors (Lipinski definition) is 6. The van der Waals surface area contributed by atoms with Gasteiger partial charge in [0.05, 0.1) is 30.5 Å². The molecular formula is C31H31N7O8. The van der Waals surface area contributed by atoms with Crippen molar-refractivity contribution in [1.82, 2.24) is 25.3 Å². The normalized spacial score (nSPS) is 12.8. The van der Waals surface area contributed by atoms with Crippen molar-refractivity contribution in [3.8, 4) is 0 Å². The number of nitrogens with one attached hydrogen (secondary N) is 3. The van der Waals surface area contributed by atoms with Gasteiger partial charge >= 0.3 is 17.9 Å². The SMILES string of the molecule is C=C(C)C(=O)OCCC(C[C@H](NC(=O)c1ccc(NCc2cnc3nc(N)[nH]c(=O)c3n2)cc1)C(=O)O)(C(=O)O)c1ccccc1. The van der Waals surface area contributed by atoms with Crippen LogP contribution in [0.2, 0.25) is 0 Å². The maximum atomic E-state index is 13.1. The van der Waals surface area contributed by atoms with Crippen molar-refractivity contribution in [2.24, 2.45) is 0 Å². The van der Waals surface area contributed by atoms with Gasteiger partial charge in [0.1, 0.15) is 6.04 Å². The molecule has 0 saturated carbocycles.